The number of nitrogens with zero attached hydrogens (tertiary/aromatic N) is 2. The maximum Gasteiger partial charge on any atom is 0.573 e. The number of hydrogen-bond acceptors (Lipinski definition) is 5. The monoisotopic (exact) mass is 424 g/mol. The molecule has 1 heterocycles. The van der Waals surface area contributed by atoms with E-state index in [-0.39, 0.29) is 30.9 Å². The fourth-order valence-electron chi connectivity index (χ4n) is 3.31. The molecule has 0 radical (unpaired) electrons. The number of carbonyl (C=O) groups excluding carboxylic acids is 1. The molecule has 1 atom stereocenters. The highest BCUT2D eigenvalue weighted by Gasteiger charge is 2.32. The molecule has 0 aromatic heterocycles. The number of carbonyl (C=O) groups is 1. The molecule has 2 aromatic rings. The van der Waals surface area contributed by atoms with Crippen molar-refractivity contribution in [2.75, 3.05) is 31.6 Å². The van der Waals surface area contributed by atoms with E-state index in [1.807, 2.05) is 11.9 Å². The zero-order valence-electron chi connectivity index (χ0n) is 16.4. The Balaban J connectivity index is 1.50. The van der Waals surface area contributed by atoms with E-state index < -0.39 is 6.36 Å². The van der Waals surface area contributed by atoms with Gasteiger partial charge in [0.15, 0.2) is 6.61 Å². The molecule has 0 spiro atoms. The lowest BCUT2D eigenvalue weighted by atomic mass is 10.2. The molecule has 30 heavy (non-hydrogen) atoms. The maximum absolute atomic E-state index is 12.4. The third-order valence-electron chi connectivity index (χ3n) is 5.01. The van der Waals surface area contributed by atoms with Crippen LogP contribution in [0.25, 0.3) is 0 Å². The third-order valence-corrected chi connectivity index (χ3v) is 5.01. The minimum absolute atomic E-state index is 0.0483. The summed E-state index contributed by atoms with van der Waals surface area (Å²) >= 11 is 0. The average molecular weight is 424 g/mol. The van der Waals surface area contributed by atoms with Crippen molar-refractivity contribution in [1.29, 1.82) is 0 Å². The maximum atomic E-state index is 12.4. The first-order valence-electron chi connectivity index (χ1n) is 9.44. The molecule has 0 aliphatic carbocycles. The first-order valence-corrected chi connectivity index (χ1v) is 9.44. The van der Waals surface area contributed by atoms with Crippen LogP contribution in [-0.2, 0) is 11.4 Å². The summed E-state index contributed by atoms with van der Waals surface area (Å²) in [5, 5.41) is 9.04. The molecule has 1 saturated heterocycles. The van der Waals surface area contributed by atoms with Gasteiger partial charge in [0, 0.05) is 31.9 Å². The summed E-state index contributed by atoms with van der Waals surface area (Å²) in [4.78, 5) is 16.1. The first-order chi connectivity index (χ1) is 14.2. The van der Waals surface area contributed by atoms with Gasteiger partial charge in [-0.3, -0.25) is 4.79 Å². The van der Waals surface area contributed by atoms with Crippen molar-refractivity contribution in [3.63, 3.8) is 0 Å². The number of anilines is 1. The van der Waals surface area contributed by atoms with Gasteiger partial charge in [0.25, 0.3) is 5.91 Å². The minimum atomic E-state index is -4.72. The second kappa shape index (κ2) is 9.25. The van der Waals surface area contributed by atoms with E-state index in [1.54, 1.807) is 41.3 Å². The number of benzene rings is 2. The van der Waals surface area contributed by atoms with Gasteiger partial charge in [-0.25, -0.2) is 0 Å². The number of amides is 1. The second-order valence-electron chi connectivity index (χ2n) is 7.03. The number of aliphatic hydroxyl groups is 1. The van der Waals surface area contributed by atoms with Gasteiger partial charge < -0.3 is 24.4 Å². The zero-order chi connectivity index (χ0) is 21.7. The standard InChI is InChI=1S/C21H23F3N2O4/c1-25(16-4-8-19(9-5-16)30-21(22,23)24)17-10-11-26(12-17)20(28)14-29-18-6-2-15(13-27)3-7-18/h2-9,17,27H,10-14H2,1H3. The number of alkyl halides is 3. The number of likely N-dealkylation sites (tertiary alicyclic amines) is 1. The summed E-state index contributed by atoms with van der Waals surface area (Å²) in [5.74, 6) is 0.146. The molecule has 3 rings (SSSR count). The van der Waals surface area contributed by atoms with Gasteiger partial charge in [-0.1, -0.05) is 12.1 Å². The number of ether oxygens (including phenoxy) is 2. The van der Waals surface area contributed by atoms with Crippen molar-refractivity contribution in [1.82, 2.24) is 4.90 Å². The highest BCUT2D eigenvalue weighted by atomic mass is 19.4. The first kappa shape index (κ1) is 21.8. The van der Waals surface area contributed by atoms with Crippen LogP contribution in [0.4, 0.5) is 18.9 Å². The molecule has 162 valence electrons. The Labute approximate surface area is 172 Å². The Kier molecular flexibility index (Phi) is 6.71. The second-order valence-corrected chi connectivity index (χ2v) is 7.03. The van der Waals surface area contributed by atoms with Crippen molar-refractivity contribution in [2.24, 2.45) is 0 Å². The largest absolute Gasteiger partial charge is 0.573 e. The number of aliphatic hydroxyl groups excluding tert-OH is 1. The highest BCUT2D eigenvalue weighted by Crippen LogP contribution is 2.27. The van der Waals surface area contributed by atoms with Crippen LogP contribution in [0.2, 0.25) is 0 Å². The summed E-state index contributed by atoms with van der Waals surface area (Å²) in [7, 11) is 1.84. The van der Waals surface area contributed by atoms with E-state index in [0.717, 1.165) is 17.7 Å². The van der Waals surface area contributed by atoms with Crippen molar-refractivity contribution < 1.29 is 32.5 Å². The van der Waals surface area contributed by atoms with Crippen LogP contribution in [-0.4, -0.2) is 55.1 Å². The third kappa shape index (κ3) is 5.79. The van der Waals surface area contributed by atoms with Gasteiger partial charge in [-0.05, 0) is 48.4 Å². The molecule has 1 unspecified atom stereocenters. The fourth-order valence-corrected chi connectivity index (χ4v) is 3.31. The van der Waals surface area contributed by atoms with Gasteiger partial charge in [0.2, 0.25) is 0 Å². The molecule has 1 amide bonds. The quantitative estimate of drug-likeness (QED) is 0.740. The van der Waals surface area contributed by atoms with Crippen LogP contribution in [0.15, 0.2) is 48.5 Å². The molecule has 9 heteroatoms. The van der Waals surface area contributed by atoms with E-state index in [0.29, 0.717) is 18.8 Å². The summed E-state index contributed by atoms with van der Waals surface area (Å²) in [6.45, 7) is 0.942. The van der Waals surface area contributed by atoms with Gasteiger partial charge in [-0.15, -0.1) is 13.2 Å². The number of hydrogen-bond donors (Lipinski definition) is 1. The Morgan fingerprint density at radius 1 is 1.13 bits per heavy atom. The van der Waals surface area contributed by atoms with E-state index in [2.05, 4.69) is 4.74 Å². The Hall–Kier alpha value is -2.94. The van der Waals surface area contributed by atoms with E-state index in [1.165, 1.54) is 12.1 Å². The molecular formula is C21H23F3N2O4. The predicted molar refractivity (Wildman–Crippen MR) is 104 cm³/mol. The van der Waals surface area contributed by atoms with Crippen molar-refractivity contribution in [2.45, 2.75) is 25.4 Å². The fraction of sp³-hybridized carbons (Fsp3) is 0.381. The normalized spacial score (nSPS) is 16.4. The lowest BCUT2D eigenvalue weighted by molar-refractivity contribution is -0.274. The Morgan fingerprint density at radius 2 is 1.77 bits per heavy atom. The van der Waals surface area contributed by atoms with Crippen LogP contribution in [0.5, 0.6) is 11.5 Å². The summed E-state index contributed by atoms with van der Waals surface area (Å²) < 4.78 is 46.2. The molecule has 1 aliphatic heterocycles. The highest BCUT2D eigenvalue weighted by molar-refractivity contribution is 5.78. The van der Waals surface area contributed by atoms with Crippen LogP contribution < -0.4 is 14.4 Å². The Bertz CT molecular complexity index is 841. The molecule has 2 aromatic carbocycles. The van der Waals surface area contributed by atoms with Crippen molar-refractivity contribution in [3.05, 3.63) is 54.1 Å². The molecule has 1 aliphatic rings. The van der Waals surface area contributed by atoms with Gasteiger partial charge in [0.1, 0.15) is 11.5 Å². The molecule has 1 N–H and O–H groups in total. The van der Waals surface area contributed by atoms with Crippen LogP contribution in [0.3, 0.4) is 0 Å². The lowest BCUT2D eigenvalue weighted by Crippen LogP contribution is -2.38. The van der Waals surface area contributed by atoms with E-state index in [4.69, 9.17) is 9.84 Å². The number of rotatable bonds is 7. The van der Waals surface area contributed by atoms with Gasteiger partial charge in [0.05, 0.1) is 6.61 Å². The molecule has 1 fully saturated rings. The zero-order valence-corrected chi connectivity index (χ0v) is 16.4. The Morgan fingerprint density at radius 3 is 2.37 bits per heavy atom. The summed E-state index contributed by atoms with van der Waals surface area (Å²) in [6, 6.07) is 12.6. The minimum Gasteiger partial charge on any atom is -0.484 e. The van der Waals surface area contributed by atoms with Crippen molar-refractivity contribution in [3.8, 4) is 11.5 Å². The molecular weight excluding hydrogens is 401 g/mol. The predicted octanol–water partition coefficient (Wildman–Crippen LogP) is 3.19. The molecule has 0 bridgehead atoms. The average Bonchev–Trinajstić information content (AvgIpc) is 3.21. The lowest BCUT2D eigenvalue weighted by Gasteiger charge is -2.27. The molecule has 6 nitrogen and oxygen atoms in total. The SMILES string of the molecule is CN(c1ccc(OC(F)(F)F)cc1)C1CCN(C(=O)COc2ccc(CO)cc2)C1. The van der Waals surface area contributed by atoms with Crippen LogP contribution in [0.1, 0.15) is 12.0 Å². The molecule has 0 saturated carbocycles. The van der Waals surface area contributed by atoms with Crippen LogP contribution in [0, 0.1) is 0 Å². The smallest absolute Gasteiger partial charge is 0.484 e. The van der Waals surface area contributed by atoms with E-state index >= 15 is 0 Å². The topological polar surface area (TPSA) is 62.2 Å². The number of likely N-dealkylation sites (N-methyl/N-ethyl adjacent to an activating group) is 1. The van der Waals surface area contributed by atoms with E-state index in [9.17, 15) is 18.0 Å². The summed E-state index contributed by atoms with van der Waals surface area (Å²) in [5.41, 5.74) is 1.50. The van der Waals surface area contributed by atoms with Gasteiger partial charge >= 0.3 is 6.36 Å². The number of halogens is 3. The van der Waals surface area contributed by atoms with Gasteiger partial charge in [-0.2, -0.15) is 0 Å². The van der Waals surface area contributed by atoms with Crippen LogP contribution >= 0.6 is 0 Å². The van der Waals surface area contributed by atoms with Crippen molar-refractivity contribution >= 4 is 11.6 Å². The summed E-state index contributed by atoms with van der Waals surface area (Å²) in [6.07, 6.45) is -3.98.